The highest BCUT2D eigenvalue weighted by Gasteiger charge is 2.18. The van der Waals surface area contributed by atoms with Gasteiger partial charge >= 0.3 is 0 Å². The Morgan fingerprint density at radius 2 is 1.85 bits per heavy atom. The van der Waals surface area contributed by atoms with Crippen LogP contribution in [-0.2, 0) is 17.6 Å². The summed E-state index contributed by atoms with van der Waals surface area (Å²) >= 11 is 0. The van der Waals surface area contributed by atoms with E-state index >= 15 is 0 Å². The van der Waals surface area contributed by atoms with Crippen molar-refractivity contribution < 1.29 is 14.3 Å². The maximum atomic E-state index is 13.2. The van der Waals surface area contributed by atoms with E-state index in [9.17, 15) is 4.79 Å². The summed E-state index contributed by atoms with van der Waals surface area (Å²) < 4.78 is 11.4. The van der Waals surface area contributed by atoms with E-state index in [1.165, 1.54) is 17.5 Å². The number of nitrogens with one attached hydrogen (secondary N) is 1. The third-order valence-electron chi connectivity index (χ3n) is 6.31. The van der Waals surface area contributed by atoms with Crippen molar-refractivity contribution in [2.45, 2.75) is 46.0 Å². The van der Waals surface area contributed by atoms with Crippen LogP contribution < -0.4 is 15.0 Å². The number of anilines is 2. The van der Waals surface area contributed by atoms with Crippen molar-refractivity contribution in [1.82, 2.24) is 14.9 Å². The van der Waals surface area contributed by atoms with E-state index in [2.05, 4.69) is 51.1 Å². The average molecular weight is 468 g/mol. The third kappa shape index (κ3) is 6.45. The Bertz CT molecular complexity index is 955. The molecule has 184 valence electrons. The van der Waals surface area contributed by atoms with Crippen LogP contribution >= 0.6 is 0 Å². The molecule has 34 heavy (non-hydrogen) atoms. The minimum atomic E-state index is -0.243. The highest BCUT2D eigenvalue weighted by molar-refractivity contribution is 6.03. The number of morpholine rings is 1. The van der Waals surface area contributed by atoms with Gasteiger partial charge in [0, 0.05) is 44.5 Å². The predicted molar refractivity (Wildman–Crippen MR) is 134 cm³/mol. The lowest BCUT2D eigenvalue weighted by Gasteiger charge is -2.26. The van der Waals surface area contributed by atoms with Gasteiger partial charge in [0.05, 0.1) is 13.2 Å². The number of aromatic nitrogens is 2. The second-order valence-electron chi connectivity index (χ2n) is 8.97. The second-order valence-corrected chi connectivity index (χ2v) is 8.97. The lowest BCUT2D eigenvalue weighted by atomic mass is 10.1. The fourth-order valence-electron chi connectivity index (χ4n) is 4.54. The Kier molecular flexibility index (Phi) is 8.71. The molecule has 2 aromatic rings. The van der Waals surface area contributed by atoms with E-state index in [0.717, 1.165) is 77.3 Å². The Balaban J connectivity index is 1.50. The maximum Gasteiger partial charge on any atom is 0.274 e. The summed E-state index contributed by atoms with van der Waals surface area (Å²) in [5.74, 6) is 0.744. The molecule has 2 heterocycles. The van der Waals surface area contributed by atoms with Crippen LogP contribution in [0, 0.1) is 0 Å². The molecule has 1 aromatic carbocycles. The SMILES string of the molecule is CCCN(CCC)c1nc(OCCN2CCOCC2)cc(C(=O)Nc2ccc3c(c2)CCC3)n1. The molecule has 4 rings (SSSR count). The number of carbonyl (C=O) groups is 1. The van der Waals surface area contributed by atoms with Gasteiger partial charge in [-0.05, 0) is 55.4 Å². The molecule has 1 fully saturated rings. The lowest BCUT2D eigenvalue weighted by molar-refractivity contribution is 0.0320. The number of hydrogen-bond donors (Lipinski definition) is 1. The first-order chi connectivity index (χ1) is 16.7. The van der Waals surface area contributed by atoms with Crippen LogP contribution in [0.2, 0.25) is 0 Å². The topological polar surface area (TPSA) is 79.8 Å². The number of rotatable bonds is 11. The summed E-state index contributed by atoms with van der Waals surface area (Å²) in [5.41, 5.74) is 3.84. The molecule has 0 spiro atoms. The number of amides is 1. The number of nitrogens with zero attached hydrogens (tertiary/aromatic N) is 4. The first-order valence-electron chi connectivity index (χ1n) is 12.7. The van der Waals surface area contributed by atoms with E-state index in [4.69, 9.17) is 9.47 Å². The standard InChI is InChI=1S/C26H37N5O3/c1-3-10-31(11-4-2)26-28-23(19-24(29-26)34-17-14-30-12-15-33-16-13-30)25(32)27-22-9-8-20-6-5-7-21(20)18-22/h8-9,18-19H,3-7,10-17H2,1-2H3,(H,27,32). The van der Waals surface area contributed by atoms with Gasteiger partial charge in [0.25, 0.3) is 5.91 Å². The Hall–Kier alpha value is -2.71. The molecule has 1 aliphatic carbocycles. The zero-order valence-electron chi connectivity index (χ0n) is 20.5. The molecule has 2 aliphatic rings. The van der Waals surface area contributed by atoms with Gasteiger partial charge in [-0.3, -0.25) is 9.69 Å². The van der Waals surface area contributed by atoms with Crippen LogP contribution in [0.5, 0.6) is 5.88 Å². The molecule has 1 aromatic heterocycles. The van der Waals surface area contributed by atoms with E-state index < -0.39 is 0 Å². The van der Waals surface area contributed by atoms with Crippen molar-refractivity contribution in [3.8, 4) is 5.88 Å². The number of carbonyl (C=O) groups excluding carboxylic acids is 1. The van der Waals surface area contributed by atoms with Crippen LogP contribution in [0.25, 0.3) is 0 Å². The summed E-state index contributed by atoms with van der Waals surface area (Å²) in [4.78, 5) is 26.9. The maximum absolute atomic E-state index is 13.2. The van der Waals surface area contributed by atoms with Gasteiger partial charge in [-0.2, -0.15) is 4.98 Å². The molecular weight excluding hydrogens is 430 g/mol. The molecule has 0 bridgehead atoms. The molecule has 0 unspecified atom stereocenters. The fourth-order valence-corrected chi connectivity index (χ4v) is 4.54. The molecule has 1 aliphatic heterocycles. The quantitative estimate of drug-likeness (QED) is 0.541. The minimum Gasteiger partial charge on any atom is -0.476 e. The minimum absolute atomic E-state index is 0.243. The molecule has 8 nitrogen and oxygen atoms in total. The van der Waals surface area contributed by atoms with Crippen LogP contribution in [0.4, 0.5) is 11.6 Å². The summed E-state index contributed by atoms with van der Waals surface area (Å²) in [6.45, 7) is 10.6. The average Bonchev–Trinajstić information content (AvgIpc) is 3.32. The normalized spacial score (nSPS) is 15.7. The van der Waals surface area contributed by atoms with Crippen molar-refractivity contribution in [2.75, 3.05) is 62.8 Å². The molecule has 1 N–H and O–H groups in total. The highest BCUT2D eigenvalue weighted by Crippen LogP contribution is 2.25. The smallest absolute Gasteiger partial charge is 0.274 e. The molecule has 1 amide bonds. The zero-order chi connectivity index (χ0) is 23.8. The first kappa shape index (κ1) is 24.4. The number of hydrogen-bond acceptors (Lipinski definition) is 7. The van der Waals surface area contributed by atoms with Crippen molar-refractivity contribution in [1.29, 1.82) is 0 Å². The zero-order valence-corrected chi connectivity index (χ0v) is 20.5. The number of benzene rings is 1. The molecule has 8 heteroatoms. The summed E-state index contributed by atoms with van der Waals surface area (Å²) in [7, 11) is 0. The van der Waals surface area contributed by atoms with Gasteiger partial charge in [-0.15, -0.1) is 0 Å². The molecule has 0 atom stereocenters. The second kappa shape index (κ2) is 12.1. The number of fused-ring (bicyclic) bond motifs is 1. The van der Waals surface area contributed by atoms with Crippen LogP contribution in [0.3, 0.4) is 0 Å². The molecule has 0 saturated carbocycles. The van der Waals surface area contributed by atoms with Crippen molar-refractivity contribution in [3.05, 3.63) is 41.1 Å². The Morgan fingerprint density at radius 1 is 1.09 bits per heavy atom. The monoisotopic (exact) mass is 467 g/mol. The third-order valence-corrected chi connectivity index (χ3v) is 6.31. The van der Waals surface area contributed by atoms with E-state index in [1.807, 2.05) is 6.07 Å². The van der Waals surface area contributed by atoms with Crippen LogP contribution in [-0.4, -0.2) is 73.3 Å². The molecule has 1 saturated heterocycles. The summed E-state index contributed by atoms with van der Waals surface area (Å²) in [6.07, 6.45) is 5.32. The summed E-state index contributed by atoms with van der Waals surface area (Å²) in [6, 6.07) is 7.84. The highest BCUT2D eigenvalue weighted by atomic mass is 16.5. The van der Waals surface area contributed by atoms with Crippen LogP contribution in [0.15, 0.2) is 24.3 Å². The Morgan fingerprint density at radius 3 is 2.62 bits per heavy atom. The van der Waals surface area contributed by atoms with Crippen molar-refractivity contribution >= 4 is 17.5 Å². The van der Waals surface area contributed by atoms with Gasteiger partial charge in [0.1, 0.15) is 12.3 Å². The van der Waals surface area contributed by atoms with E-state index in [-0.39, 0.29) is 5.91 Å². The largest absolute Gasteiger partial charge is 0.476 e. The van der Waals surface area contributed by atoms with Gasteiger partial charge in [0.2, 0.25) is 11.8 Å². The number of ether oxygens (including phenoxy) is 2. The fraction of sp³-hybridized carbons (Fsp3) is 0.577. The van der Waals surface area contributed by atoms with Gasteiger partial charge < -0.3 is 19.7 Å². The summed E-state index contributed by atoms with van der Waals surface area (Å²) in [5, 5.41) is 3.03. The van der Waals surface area contributed by atoms with Gasteiger partial charge in [0.15, 0.2) is 0 Å². The predicted octanol–water partition coefficient (Wildman–Crippen LogP) is 3.56. The number of aryl methyl sites for hydroxylation is 2. The molecule has 0 radical (unpaired) electrons. The molecular formula is C26H37N5O3. The van der Waals surface area contributed by atoms with E-state index in [0.29, 0.717) is 24.1 Å². The van der Waals surface area contributed by atoms with Crippen molar-refractivity contribution in [3.63, 3.8) is 0 Å². The first-order valence-corrected chi connectivity index (χ1v) is 12.7. The van der Waals surface area contributed by atoms with E-state index in [1.54, 1.807) is 6.07 Å². The van der Waals surface area contributed by atoms with Gasteiger partial charge in [-0.1, -0.05) is 19.9 Å². The lowest BCUT2D eigenvalue weighted by Crippen LogP contribution is -2.38. The van der Waals surface area contributed by atoms with Crippen molar-refractivity contribution in [2.24, 2.45) is 0 Å². The van der Waals surface area contributed by atoms with Gasteiger partial charge in [-0.25, -0.2) is 4.98 Å². The van der Waals surface area contributed by atoms with Crippen LogP contribution in [0.1, 0.15) is 54.7 Å². The Labute approximate surface area is 202 Å².